The summed E-state index contributed by atoms with van der Waals surface area (Å²) in [5.74, 6) is -1.81. The molecule has 1 heterocycles. The molecule has 0 aliphatic rings. The van der Waals surface area contributed by atoms with E-state index in [9.17, 15) is 14.4 Å². The molecule has 1 unspecified atom stereocenters. The predicted octanol–water partition coefficient (Wildman–Crippen LogP) is 0.0463. The van der Waals surface area contributed by atoms with E-state index in [1.807, 2.05) is 0 Å². The highest BCUT2D eigenvalue weighted by Gasteiger charge is 2.22. The number of aromatic nitrogens is 2. The monoisotopic (exact) mass is 312 g/mol. The molecule has 22 heavy (non-hydrogen) atoms. The molecule has 1 aromatic rings. The quantitative estimate of drug-likeness (QED) is 0.586. The highest BCUT2D eigenvalue weighted by molar-refractivity contribution is 5.86. The standard InChI is InChI=1S/C13H20N4O5/c1-13(2,3)22-12(21)15-6-10(18)17-9(11(19)20)4-8-5-14-7-16-8/h5,7,9H,4,6H2,1-3H3,(H,14,16)(H,15,21)(H,17,18)(H,19,20). The number of carbonyl (C=O) groups excluding carboxylic acids is 2. The average Bonchev–Trinajstić information content (AvgIpc) is 2.86. The van der Waals surface area contributed by atoms with Crippen molar-refractivity contribution in [3.05, 3.63) is 18.2 Å². The van der Waals surface area contributed by atoms with Crippen molar-refractivity contribution in [2.75, 3.05) is 6.54 Å². The number of ether oxygens (including phenoxy) is 1. The molecule has 0 aliphatic carbocycles. The normalized spacial score (nSPS) is 12.3. The molecule has 1 rings (SSSR count). The number of carboxylic acids is 1. The second-order valence-electron chi connectivity index (χ2n) is 5.59. The van der Waals surface area contributed by atoms with Crippen LogP contribution in [0.4, 0.5) is 4.79 Å². The number of amides is 2. The smallest absolute Gasteiger partial charge is 0.408 e. The Labute approximate surface area is 127 Å². The molecule has 0 saturated carbocycles. The first-order valence-corrected chi connectivity index (χ1v) is 6.63. The SMILES string of the molecule is CC(C)(C)OC(=O)NCC(=O)NC(Cc1cnc[nH]1)C(=O)O. The number of aliphatic carboxylic acids is 1. The maximum atomic E-state index is 11.7. The highest BCUT2D eigenvalue weighted by atomic mass is 16.6. The summed E-state index contributed by atoms with van der Waals surface area (Å²) in [5.41, 5.74) is -0.0991. The van der Waals surface area contributed by atoms with Gasteiger partial charge in [-0.05, 0) is 20.8 Å². The van der Waals surface area contributed by atoms with Crippen LogP contribution in [0.2, 0.25) is 0 Å². The number of rotatable bonds is 6. The molecule has 9 nitrogen and oxygen atoms in total. The van der Waals surface area contributed by atoms with Crippen molar-refractivity contribution in [3.63, 3.8) is 0 Å². The van der Waals surface area contributed by atoms with E-state index in [0.717, 1.165) is 0 Å². The fourth-order valence-electron chi connectivity index (χ4n) is 1.53. The van der Waals surface area contributed by atoms with Gasteiger partial charge in [-0.25, -0.2) is 14.6 Å². The first kappa shape index (κ1) is 17.5. The number of nitrogens with zero attached hydrogens (tertiary/aromatic N) is 1. The molecule has 0 aliphatic heterocycles. The third kappa shape index (κ3) is 6.73. The van der Waals surface area contributed by atoms with Crippen molar-refractivity contribution >= 4 is 18.0 Å². The van der Waals surface area contributed by atoms with Gasteiger partial charge in [-0.2, -0.15) is 0 Å². The Morgan fingerprint density at radius 2 is 2.09 bits per heavy atom. The summed E-state index contributed by atoms with van der Waals surface area (Å²) in [4.78, 5) is 40.7. The van der Waals surface area contributed by atoms with Crippen molar-refractivity contribution in [2.45, 2.75) is 38.8 Å². The number of H-pyrrole nitrogens is 1. The number of nitrogens with one attached hydrogen (secondary N) is 3. The molecular formula is C13H20N4O5. The Morgan fingerprint density at radius 1 is 1.41 bits per heavy atom. The molecule has 122 valence electrons. The molecule has 9 heteroatoms. The highest BCUT2D eigenvalue weighted by Crippen LogP contribution is 2.06. The molecule has 0 fully saturated rings. The maximum absolute atomic E-state index is 11.7. The Bertz CT molecular complexity index is 521. The lowest BCUT2D eigenvalue weighted by Gasteiger charge is -2.20. The van der Waals surface area contributed by atoms with Gasteiger partial charge in [0.05, 0.1) is 6.33 Å². The minimum atomic E-state index is -1.18. The van der Waals surface area contributed by atoms with E-state index in [0.29, 0.717) is 5.69 Å². The fraction of sp³-hybridized carbons (Fsp3) is 0.538. The molecule has 1 atom stereocenters. The number of alkyl carbamates (subject to hydrolysis) is 1. The van der Waals surface area contributed by atoms with Gasteiger partial charge in [0.1, 0.15) is 18.2 Å². The van der Waals surface area contributed by atoms with Crippen LogP contribution < -0.4 is 10.6 Å². The van der Waals surface area contributed by atoms with Crippen LogP contribution in [-0.2, 0) is 20.7 Å². The number of hydrogen-bond donors (Lipinski definition) is 4. The minimum absolute atomic E-state index is 0.0630. The minimum Gasteiger partial charge on any atom is -0.480 e. The fourth-order valence-corrected chi connectivity index (χ4v) is 1.53. The Kier molecular flexibility index (Phi) is 5.90. The van der Waals surface area contributed by atoms with Crippen molar-refractivity contribution < 1.29 is 24.2 Å². The van der Waals surface area contributed by atoms with Crippen LogP contribution in [-0.4, -0.2) is 51.2 Å². The lowest BCUT2D eigenvalue weighted by Crippen LogP contribution is -2.47. The molecule has 0 radical (unpaired) electrons. The lowest BCUT2D eigenvalue weighted by molar-refractivity contribution is -0.141. The van der Waals surface area contributed by atoms with Crippen molar-refractivity contribution in [1.82, 2.24) is 20.6 Å². The van der Waals surface area contributed by atoms with Gasteiger partial charge in [0.25, 0.3) is 0 Å². The van der Waals surface area contributed by atoms with Crippen LogP contribution in [0.5, 0.6) is 0 Å². The Morgan fingerprint density at radius 3 is 2.59 bits per heavy atom. The van der Waals surface area contributed by atoms with Gasteiger partial charge < -0.3 is 25.5 Å². The summed E-state index contributed by atoms with van der Waals surface area (Å²) in [6, 6.07) is -1.12. The molecule has 0 aromatic carbocycles. The maximum Gasteiger partial charge on any atom is 0.408 e. The van der Waals surface area contributed by atoms with Crippen molar-refractivity contribution in [2.24, 2.45) is 0 Å². The zero-order valence-electron chi connectivity index (χ0n) is 12.7. The van der Waals surface area contributed by atoms with Crippen molar-refractivity contribution in [1.29, 1.82) is 0 Å². The van der Waals surface area contributed by atoms with E-state index in [2.05, 4.69) is 20.6 Å². The molecule has 4 N–H and O–H groups in total. The van der Waals surface area contributed by atoms with Gasteiger partial charge in [-0.1, -0.05) is 0 Å². The van der Waals surface area contributed by atoms with E-state index < -0.39 is 29.6 Å². The topological polar surface area (TPSA) is 133 Å². The van der Waals surface area contributed by atoms with Gasteiger partial charge in [0, 0.05) is 18.3 Å². The number of carboxylic acid groups (broad SMARTS) is 1. The number of aromatic amines is 1. The summed E-state index contributed by atoms with van der Waals surface area (Å²) < 4.78 is 4.97. The van der Waals surface area contributed by atoms with Crippen LogP contribution in [0.25, 0.3) is 0 Å². The van der Waals surface area contributed by atoms with E-state index in [1.54, 1.807) is 20.8 Å². The number of hydrogen-bond acceptors (Lipinski definition) is 5. The summed E-state index contributed by atoms with van der Waals surface area (Å²) in [7, 11) is 0. The van der Waals surface area contributed by atoms with E-state index in [-0.39, 0.29) is 13.0 Å². The van der Waals surface area contributed by atoms with Gasteiger partial charge >= 0.3 is 12.1 Å². The van der Waals surface area contributed by atoms with E-state index in [1.165, 1.54) is 12.5 Å². The second-order valence-corrected chi connectivity index (χ2v) is 5.59. The predicted molar refractivity (Wildman–Crippen MR) is 76.1 cm³/mol. The van der Waals surface area contributed by atoms with Gasteiger partial charge in [-0.3, -0.25) is 4.79 Å². The third-order valence-corrected chi connectivity index (χ3v) is 2.40. The molecular weight excluding hydrogens is 292 g/mol. The largest absolute Gasteiger partial charge is 0.480 e. The Balaban J connectivity index is 2.44. The summed E-state index contributed by atoms with van der Waals surface area (Å²) in [6.07, 6.45) is 2.21. The first-order valence-electron chi connectivity index (χ1n) is 6.63. The third-order valence-electron chi connectivity index (χ3n) is 2.40. The van der Waals surface area contributed by atoms with Gasteiger partial charge in [-0.15, -0.1) is 0 Å². The average molecular weight is 312 g/mol. The van der Waals surface area contributed by atoms with Gasteiger partial charge in [0.15, 0.2) is 0 Å². The second kappa shape index (κ2) is 7.43. The Hall–Kier alpha value is -2.58. The van der Waals surface area contributed by atoms with Crippen LogP contribution in [0, 0.1) is 0 Å². The number of carbonyl (C=O) groups is 3. The van der Waals surface area contributed by atoms with Crippen LogP contribution in [0.15, 0.2) is 12.5 Å². The van der Waals surface area contributed by atoms with Crippen molar-refractivity contribution in [3.8, 4) is 0 Å². The zero-order valence-corrected chi connectivity index (χ0v) is 12.7. The summed E-state index contributed by atoms with van der Waals surface area (Å²) >= 11 is 0. The molecule has 1 aromatic heterocycles. The first-order chi connectivity index (χ1) is 10.2. The number of imidazole rings is 1. The van der Waals surface area contributed by atoms with Gasteiger partial charge in [0.2, 0.25) is 5.91 Å². The van der Waals surface area contributed by atoms with Crippen LogP contribution in [0.1, 0.15) is 26.5 Å². The van der Waals surface area contributed by atoms with Crippen LogP contribution in [0.3, 0.4) is 0 Å². The zero-order chi connectivity index (χ0) is 16.8. The van der Waals surface area contributed by atoms with E-state index in [4.69, 9.17) is 9.84 Å². The molecule has 0 spiro atoms. The summed E-state index contributed by atoms with van der Waals surface area (Å²) in [6.45, 7) is 4.70. The van der Waals surface area contributed by atoms with Crippen LogP contribution >= 0.6 is 0 Å². The molecule has 0 saturated heterocycles. The lowest BCUT2D eigenvalue weighted by atomic mass is 10.1. The van der Waals surface area contributed by atoms with E-state index >= 15 is 0 Å². The molecule has 0 bridgehead atoms. The molecule has 2 amide bonds. The summed E-state index contributed by atoms with van der Waals surface area (Å²) in [5, 5.41) is 13.7.